The van der Waals surface area contributed by atoms with Gasteiger partial charge in [-0.15, -0.1) is 0 Å². The van der Waals surface area contributed by atoms with Crippen molar-refractivity contribution in [2.45, 2.75) is 18.9 Å². The second-order valence-electron chi connectivity index (χ2n) is 5.49. The van der Waals surface area contributed by atoms with Gasteiger partial charge in [-0.05, 0) is 30.5 Å². The smallest absolute Gasteiger partial charge is 0.317 e. The summed E-state index contributed by atoms with van der Waals surface area (Å²) in [5, 5.41) is 2.69. The van der Waals surface area contributed by atoms with Crippen LogP contribution in [-0.4, -0.2) is 51.6 Å². The fourth-order valence-electron chi connectivity index (χ4n) is 2.63. The van der Waals surface area contributed by atoms with Crippen LogP contribution in [0.25, 0.3) is 0 Å². The number of likely N-dealkylation sites (tertiary alicyclic amines) is 1. The van der Waals surface area contributed by atoms with E-state index in [0.29, 0.717) is 6.54 Å². The van der Waals surface area contributed by atoms with E-state index in [2.05, 4.69) is 5.32 Å². The predicted molar refractivity (Wildman–Crippen MR) is 84.8 cm³/mol. The van der Waals surface area contributed by atoms with Gasteiger partial charge in [0.2, 0.25) is 0 Å². The molecule has 7 heteroatoms. The van der Waals surface area contributed by atoms with E-state index in [1.54, 1.807) is 12.0 Å². The number of sulfone groups is 1. The van der Waals surface area contributed by atoms with Crippen LogP contribution in [0.1, 0.15) is 24.4 Å². The summed E-state index contributed by atoms with van der Waals surface area (Å²) in [6, 6.07) is 7.52. The molecule has 0 aromatic heterocycles. The van der Waals surface area contributed by atoms with Crippen LogP contribution in [-0.2, 0) is 9.84 Å². The van der Waals surface area contributed by atoms with Crippen molar-refractivity contribution >= 4 is 15.9 Å². The molecule has 0 bridgehead atoms. The molecule has 1 aromatic carbocycles. The number of nitrogens with one attached hydrogen (secondary N) is 1. The second-order valence-corrected chi connectivity index (χ2v) is 7.75. The molecule has 2 amide bonds. The van der Waals surface area contributed by atoms with Crippen molar-refractivity contribution in [1.29, 1.82) is 0 Å². The monoisotopic (exact) mass is 326 g/mol. The minimum atomic E-state index is -3.06. The Morgan fingerprint density at radius 2 is 2.05 bits per heavy atom. The first kappa shape index (κ1) is 16.6. The molecular formula is C15H22N2O4S. The lowest BCUT2D eigenvalue weighted by Crippen LogP contribution is -2.41. The van der Waals surface area contributed by atoms with E-state index in [1.165, 1.54) is 0 Å². The molecular weight excluding hydrogens is 304 g/mol. The van der Waals surface area contributed by atoms with Crippen LogP contribution < -0.4 is 10.1 Å². The first-order valence-electron chi connectivity index (χ1n) is 7.27. The standard InChI is InChI=1S/C15H22N2O4S/c1-21-13-7-5-12(6-8-13)14-4-3-10-17(14)15(18)16-9-11-22(2,19)20/h5-8,14H,3-4,9-11H2,1-2H3,(H,16,18). The van der Waals surface area contributed by atoms with Crippen molar-refractivity contribution < 1.29 is 17.9 Å². The zero-order chi connectivity index (χ0) is 16.2. The molecule has 1 N–H and O–H groups in total. The van der Waals surface area contributed by atoms with Crippen molar-refractivity contribution in [3.8, 4) is 5.75 Å². The van der Waals surface area contributed by atoms with E-state index < -0.39 is 9.84 Å². The van der Waals surface area contributed by atoms with E-state index in [4.69, 9.17) is 4.74 Å². The lowest BCUT2D eigenvalue weighted by Gasteiger charge is -2.25. The number of nitrogens with zero attached hydrogens (tertiary/aromatic N) is 1. The van der Waals surface area contributed by atoms with Crippen LogP contribution in [0.3, 0.4) is 0 Å². The van der Waals surface area contributed by atoms with Crippen molar-refractivity contribution in [2.75, 3.05) is 32.2 Å². The third kappa shape index (κ3) is 4.37. The van der Waals surface area contributed by atoms with Gasteiger partial charge in [0.25, 0.3) is 0 Å². The molecule has 1 unspecified atom stereocenters. The van der Waals surface area contributed by atoms with Gasteiger partial charge in [0.15, 0.2) is 0 Å². The molecule has 1 aliphatic heterocycles. The third-order valence-electron chi connectivity index (χ3n) is 3.76. The van der Waals surface area contributed by atoms with Crippen molar-refractivity contribution in [3.63, 3.8) is 0 Å². The number of rotatable bonds is 5. The van der Waals surface area contributed by atoms with Gasteiger partial charge in [-0.2, -0.15) is 0 Å². The maximum absolute atomic E-state index is 12.2. The van der Waals surface area contributed by atoms with E-state index >= 15 is 0 Å². The Balaban J connectivity index is 1.98. The Labute approximate surface area is 131 Å². The van der Waals surface area contributed by atoms with Gasteiger partial charge in [-0.1, -0.05) is 12.1 Å². The van der Waals surface area contributed by atoms with Crippen LogP contribution in [0.2, 0.25) is 0 Å². The lowest BCUT2D eigenvalue weighted by atomic mass is 10.0. The number of hydrogen-bond donors (Lipinski definition) is 1. The molecule has 1 fully saturated rings. The van der Waals surface area contributed by atoms with Gasteiger partial charge < -0.3 is 15.0 Å². The van der Waals surface area contributed by atoms with Crippen molar-refractivity contribution in [3.05, 3.63) is 29.8 Å². The zero-order valence-corrected chi connectivity index (χ0v) is 13.7. The number of hydrogen-bond acceptors (Lipinski definition) is 4. The highest BCUT2D eigenvalue weighted by Crippen LogP contribution is 2.32. The van der Waals surface area contributed by atoms with Crippen LogP contribution in [0, 0.1) is 0 Å². The number of urea groups is 1. The normalized spacial score (nSPS) is 18.3. The molecule has 6 nitrogen and oxygen atoms in total. The number of ether oxygens (including phenoxy) is 1. The third-order valence-corrected chi connectivity index (χ3v) is 4.71. The molecule has 0 spiro atoms. The second kappa shape index (κ2) is 7.00. The molecule has 122 valence electrons. The number of carbonyl (C=O) groups excluding carboxylic acids is 1. The average molecular weight is 326 g/mol. The summed E-state index contributed by atoms with van der Waals surface area (Å²) >= 11 is 0. The summed E-state index contributed by atoms with van der Waals surface area (Å²) in [6.07, 6.45) is 3.01. The summed E-state index contributed by atoms with van der Waals surface area (Å²) in [6.45, 7) is 0.824. The van der Waals surface area contributed by atoms with Gasteiger partial charge in [0, 0.05) is 19.3 Å². The van der Waals surface area contributed by atoms with Crippen LogP contribution >= 0.6 is 0 Å². The summed E-state index contributed by atoms with van der Waals surface area (Å²) in [5.74, 6) is 0.741. The SMILES string of the molecule is COc1ccc(C2CCCN2C(=O)NCCS(C)(=O)=O)cc1. The van der Waals surface area contributed by atoms with E-state index in [9.17, 15) is 13.2 Å². The highest BCUT2D eigenvalue weighted by molar-refractivity contribution is 7.90. The van der Waals surface area contributed by atoms with Crippen LogP contribution in [0.5, 0.6) is 5.75 Å². The predicted octanol–water partition coefficient (Wildman–Crippen LogP) is 1.59. The number of carbonyl (C=O) groups is 1. The Bertz CT molecular complexity index is 613. The topological polar surface area (TPSA) is 75.7 Å². The largest absolute Gasteiger partial charge is 0.497 e. The Kier molecular flexibility index (Phi) is 5.28. The highest BCUT2D eigenvalue weighted by atomic mass is 32.2. The first-order chi connectivity index (χ1) is 10.4. The molecule has 0 saturated carbocycles. The van der Waals surface area contributed by atoms with Gasteiger partial charge in [-0.25, -0.2) is 13.2 Å². The molecule has 1 aliphatic rings. The van der Waals surface area contributed by atoms with Crippen molar-refractivity contribution in [2.24, 2.45) is 0 Å². The first-order valence-corrected chi connectivity index (χ1v) is 9.33. The fourth-order valence-corrected chi connectivity index (χ4v) is 3.10. The summed E-state index contributed by atoms with van der Waals surface area (Å²) in [4.78, 5) is 14.0. The minimum absolute atomic E-state index is 0.0316. The maximum atomic E-state index is 12.2. The highest BCUT2D eigenvalue weighted by Gasteiger charge is 2.29. The van der Waals surface area contributed by atoms with E-state index in [1.807, 2.05) is 24.3 Å². The molecule has 1 heterocycles. The van der Waals surface area contributed by atoms with Gasteiger partial charge in [0.05, 0.1) is 18.9 Å². The maximum Gasteiger partial charge on any atom is 0.317 e. The van der Waals surface area contributed by atoms with E-state index in [0.717, 1.165) is 30.4 Å². The quantitative estimate of drug-likeness (QED) is 0.891. The van der Waals surface area contributed by atoms with Crippen molar-refractivity contribution in [1.82, 2.24) is 10.2 Å². The molecule has 0 aliphatic carbocycles. The van der Waals surface area contributed by atoms with Gasteiger partial charge >= 0.3 is 6.03 Å². The molecule has 0 radical (unpaired) electrons. The van der Waals surface area contributed by atoms with Crippen LogP contribution in [0.4, 0.5) is 4.79 Å². The Hall–Kier alpha value is -1.76. The summed E-state index contributed by atoms with van der Waals surface area (Å²) in [7, 11) is -1.45. The van der Waals surface area contributed by atoms with Crippen LogP contribution in [0.15, 0.2) is 24.3 Å². The molecule has 1 atom stereocenters. The Morgan fingerprint density at radius 3 is 2.64 bits per heavy atom. The molecule has 22 heavy (non-hydrogen) atoms. The van der Waals surface area contributed by atoms with E-state index in [-0.39, 0.29) is 24.4 Å². The van der Waals surface area contributed by atoms with Gasteiger partial charge in [0.1, 0.15) is 15.6 Å². The van der Waals surface area contributed by atoms with Gasteiger partial charge in [-0.3, -0.25) is 0 Å². The average Bonchev–Trinajstić information content (AvgIpc) is 2.95. The number of benzene rings is 1. The minimum Gasteiger partial charge on any atom is -0.497 e. The zero-order valence-electron chi connectivity index (χ0n) is 12.9. The Morgan fingerprint density at radius 1 is 1.36 bits per heavy atom. The fraction of sp³-hybridized carbons (Fsp3) is 0.533. The summed E-state index contributed by atoms with van der Waals surface area (Å²) in [5.41, 5.74) is 1.07. The number of methoxy groups -OCH3 is 1. The number of amides is 2. The summed E-state index contributed by atoms with van der Waals surface area (Å²) < 4.78 is 27.3. The lowest BCUT2D eigenvalue weighted by molar-refractivity contribution is 0.193. The molecule has 2 rings (SSSR count). The molecule has 1 saturated heterocycles. The molecule has 1 aromatic rings.